The van der Waals surface area contributed by atoms with Crippen molar-refractivity contribution in [3.05, 3.63) is 35.9 Å². The molecule has 0 spiro atoms. The number of aliphatic hydroxyl groups excluding tert-OH is 1. The monoisotopic (exact) mass is 285 g/mol. The molecule has 106 valence electrons. The van der Waals surface area contributed by atoms with Crippen molar-refractivity contribution in [2.24, 2.45) is 0 Å². The molecule has 1 aromatic carbocycles. The Hall–Kier alpha value is -0.950. The fraction of sp³-hybridized carbons (Fsp3) is 0.538. The molecule has 1 saturated heterocycles. The Bertz CT molecular complexity index is 517. The van der Waals surface area contributed by atoms with Crippen molar-refractivity contribution in [2.75, 3.05) is 12.8 Å². The van der Waals surface area contributed by atoms with Gasteiger partial charge in [-0.25, -0.2) is 0 Å². The van der Waals surface area contributed by atoms with Gasteiger partial charge in [0.2, 0.25) is 0 Å². The van der Waals surface area contributed by atoms with Crippen LogP contribution >= 0.6 is 0 Å². The molecule has 1 unspecified atom stereocenters. The maximum absolute atomic E-state index is 11.2. The van der Waals surface area contributed by atoms with Gasteiger partial charge in [-0.2, -0.15) is 8.42 Å². The Morgan fingerprint density at radius 1 is 1.37 bits per heavy atom. The van der Waals surface area contributed by atoms with E-state index in [9.17, 15) is 13.5 Å². The first kappa shape index (κ1) is 14.5. The summed E-state index contributed by atoms with van der Waals surface area (Å²) < 4.78 is 27.4. The Labute approximate surface area is 113 Å². The number of hydrogen-bond donors (Lipinski definition) is 1. The lowest BCUT2D eigenvalue weighted by Gasteiger charge is -2.23. The summed E-state index contributed by atoms with van der Waals surface area (Å²) in [6.07, 6.45) is -0.473. The lowest BCUT2D eigenvalue weighted by Crippen LogP contribution is -2.36. The number of hydrogen-bond acceptors (Lipinski definition) is 5. The molecule has 1 fully saturated rings. The van der Waals surface area contributed by atoms with Gasteiger partial charge in [-0.15, -0.1) is 0 Å². The molecule has 0 bridgehead atoms. The van der Waals surface area contributed by atoms with Crippen LogP contribution in [0.15, 0.2) is 30.3 Å². The summed E-state index contributed by atoms with van der Waals surface area (Å²) in [7, 11) is -3.56. The van der Waals surface area contributed by atoms with Gasteiger partial charge in [0.05, 0.1) is 12.4 Å². The number of β-amino-alcohol motifs (C(OH)–C–C–N with tert-alkyl or cyclic N) is 1. The van der Waals surface area contributed by atoms with Crippen molar-refractivity contribution < 1.29 is 17.7 Å². The molecule has 0 aliphatic carbocycles. The molecule has 0 radical (unpaired) electrons. The van der Waals surface area contributed by atoms with Gasteiger partial charge in [0.15, 0.2) is 0 Å². The van der Waals surface area contributed by atoms with Crippen LogP contribution in [0, 0.1) is 0 Å². The van der Waals surface area contributed by atoms with E-state index >= 15 is 0 Å². The van der Waals surface area contributed by atoms with Crippen molar-refractivity contribution in [3.63, 3.8) is 0 Å². The first-order chi connectivity index (χ1) is 8.87. The average molecular weight is 285 g/mol. The van der Waals surface area contributed by atoms with Crippen LogP contribution in [0.25, 0.3) is 0 Å². The zero-order valence-corrected chi connectivity index (χ0v) is 11.9. The molecule has 0 aromatic heterocycles. The molecule has 3 atom stereocenters. The molecular weight excluding hydrogens is 266 g/mol. The highest BCUT2D eigenvalue weighted by atomic mass is 32.2. The summed E-state index contributed by atoms with van der Waals surface area (Å²) in [5, 5.41) is 9.94. The van der Waals surface area contributed by atoms with E-state index in [2.05, 4.69) is 0 Å². The number of aliphatic hydroxyl groups is 1. The molecular formula is C13H19NO4S. The van der Waals surface area contributed by atoms with Gasteiger partial charge in [-0.3, -0.25) is 9.08 Å². The number of likely N-dealkylation sites (tertiary alicyclic amines) is 1. The standard InChI is InChI=1S/C13H19NO4S/c1-10-13(18-19(2,16)17)12(15)9-14(10)8-11-6-4-3-5-7-11/h3-7,10,12-13,15H,8-9H2,1-2H3/t10?,12-,13-/m0/s1. The normalized spacial score (nSPS) is 28.7. The predicted octanol–water partition coefficient (Wildman–Crippen LogP) is 0.596. The molecule has 2 rings (SSSR count). The van der Waals surface area contributed by atoms with Gasteiger partial charge in [-0.1, -0.05) is 30.3 Å². The minimum atomic E-state index is -3.56. The molecule has 6 heteroatoms. The average Bonchev–Trinajstić information content (AvgIpc) is 2.57. The molecule has 0 amide bonds. The molecule has 1 heterocycles. The Balaban J connectivity index is 2.05. The topological polar surface area (TPSA) is 66.8 Å². The third kappa shape index (κ3) is 3.76. The Kier molecular flexibility index (Phi) is 4.25. The van der Waals surface area contributed by atoms with Gasteiger partial charge in [0.1, 0.15) is 6.10 Å². The number of nitrogens with zero attached hydrogens (tertiary/aromatic N) is 1. The Morgan fingerprint density at radius 2 is 2.00 bits per heavy atom. The van der Waals surface area contributed by atoms with Crippen molar-refractivity contribution >= 4 is 10.1 Å². The summed E-state index contributed by atoms with van der Waals surface area (Å²) in [5.74, 6) is 0. The van der Waals surface area contributed by atoms with Crippen LogP contribution in [0.2, 0.25) is 0 Å². The van der Waals surface area contributed by atoms with E-state index in [1.54, 1.807) is 0 Å². The summed E-state index contributed by atoms with van der Waals surface area (Å²) >= 11 is 0. The molecule has 1 N–H and O–H groups in total. The van der Waals surface area contributed by atoms with Crippen molar-refractivity contribution in [2.45, 2.75) is 31.7 Å². The Morgan fingerprint density at radius 3 is 2.58 bits per heavy atom. The third-order valence-corrected chi connectivity index (χ3v) is 3.94. The van der Waals surface area contributed by atoms with E-state index in [-0.39, 0.29) is 6.04 Å². The zero-order chi connectivity index (χ0) is 14.0. The molecule has 1 aliphatic rings. The minimum absolute atomic E-state index is 0.148. The summed E-state index contributed by atoms with van der Waals surface area (Å²) in [5.41, 5.74) is 1.13. The number of benzene rings is 1. The van der Waals surface area contributed by atoms with Crippen LogP contribution in [-0.4, -0.2) is 49.5 Å². The summed E-state index contributed by atoms with van der Waals surface area (Å²) in [6.45, 7) is 2.95. The van der Waals surface area contributed by atoms with Crippen LogP contribution in [0.5, 0.6) is 0 Å². The summed E-state index contributed by atoms with van der Waals surface area (Å²) in [6, 6.07) is 9.72. The second-order valence-corrected chi connectivity index (χ2v) is 6.59. The van der Waals surface area contributed by atoms with Crippen LogP contribution in [-0.2, 0) is 20.8 Å². The van der Waals surface area contributed by atoms with Crippen LogP contribution in [0.1, 0.15) is 12.5 Å². The largest absolute Gasteiger partial charge is 0.389 e. The van der Waals surface area contributed by atoms with Crippen molar-refractivity contribution in [1.82, 2.24) is 4.90 Å². The summed E-state index contributed by atoms with van der Waals surface area (Å²) in [4.78, 5) is 2.02. The molecule has 5 nitrogen and oxygen atoms in total. The predicted molar refractivity (Wildman–Crippen MR) is 72.0 cm³/mol. The molecule has 1 aliphatic heterocycles. The fourth-order valence-electron chi connectivity index (χ4n) is 2.41. The first-order valence-corrected chi connectivity index (χ1v) is 8.03. The maximum Gasteiger partial charge on any atom is 0.264 e. The molecule has 19 heavy (non-hydrogen) atoms. The second kappa shape index (κ2) is 5.58. The maximum atomic E-state index is 11.2. The highest BCUT2D eigenvalue weighted by Crippen LogP contribution is 2.24. The van der Waals surface area contributed by atoms with Crippen LogP contribution in [0.4, 0.5) is 0 Å². The highest BCUT2D eigenvalue weighted by molar-refractivity contribution is 7.86. The minimum Gasteiger partial charge on any atom is -0.389 e. The smallest absolute Gasteiger partial charge is 0.264 e. The van der Waals surface area contributed by atoms with E-state index in [1.807, 2.05) is 42.2 Å². The van der Waals surface area contributed by atoms with Crippen LogP contribution < -0.4 is 0 Å². The fourth-order valence-corrected chi connectivity index (χ4v) is 3.11. The number of rotatable bonds is 4. The van der Waals surface area contributed by atoms with Crippen LogP contribution in [0.3, 0.4) is 0 Å². The second-order valence-electron chi connectivity index (χ2n) is 4.99. The van der Waals surface area contributed by atoms with Gasteiger partial charge in [0, 0.05) is 19.1 Å². The SMILES string of the molecule is CC1[C@H](OS(C)(=O)=O)[C@@H](O)CN1Cc1ccccc1. The molecule has 1 aromatic rings. The van der Waals surface area contributed by atoms with E-state index in [4.69, 9.17) is 4.18 Å². The van der Waals surface area contributed by atoms with E-state index in [1.165, 1.54) is 0 Å². The van der Waals surface area contributed by atoms with E-state index < -0.39 is 22.3 Å². The lowest BCUT2D eigenvalue weighted by atomic mass is 10.1. The lowest BCUT2D eigenvalue weighted by molar-refractivity contribution is 0.0648. The molecule has 0 saturated carbocycles. The van der Waals surface area contributed by atoms with Crippen molar-refractivity contribution in [3.8, 4) is 0 Å². The first-order valence-electron chi connectivity index (χ1n) is 6.21. The van der Waals surface area contributed by atoms with E-state index in [0.717, 1.165) is 11.8 Å². The van der Waals surface area contributed by atoms with Crippen molar-refractivity contribution in [1.29, 1.82) is 0 Å². The third-order valence-electron chi connectivity index (χ3n) is 3.37. The van der Waals surface area contributed by atoms with E-state index in [0.29, 0.717) is 13.1 Å². The van der Waals surface area contributed by atoms with Gasteiger partial charge >= 0.3 is 0 Å². The van der Waals surface area contributed by atoms with Gasteiger partial charge < -0.3 is 5.11 Å². The quantitative estimate of drug-likeness (QED) is 0.820. The van der Waals surface area contributed by atoms with Gasteiger partial charge in [-0.05, 0) is 12.5 Å². The zero-order valence-electron chi connectivity index (χ0n) is 11.1. The van der Waals surface area contributed by atoms with Gasteiger partial charge in [0.25, 0.3) is 10.1 Å². The highest BCUT2D eigenvalue weighted by Gasteiger charge is 2.40.